The van der Waals surface area contributed by atoms with E-state index < -0.39 is 35.7 Å². The Labute approximate surface area is 267 Å². The summed E-state index contributed by atoms with van der Waals surface area (Å²) in [5.41, 5.74) is 6.11. The SMILES string of the molecule is Cc1occc1C(=O)n1nc(C2CCN(C(=O)CN3CCOCC3)C(=O)C2C(F)(F)F)c(C#N)c1N(C)Cc1ccc(C(=N)N)cc1. The van der Waals surface area contributed by atoms with Crippen molar-refractivity contribution in [3.05, 3.63) is 70.3 Å². The van der Waals surface area contributed by atoms with Crippen LogP contribution in [-0.4, -0.2) is 95.8 Å². The number of nitrogens with one attached hydrogen (secondary N) is 1. The van der Waals surface area contributed by atoms with Crippen LogP contribution in [0.4, 0.5) is 19.0 Å². The minimum absolute atomic E-state index is 0.0796. The standard InChI is InChI=1S/C31H33F3N8O5/c1-18-21(8-12-47-18)29(44)42-28(39(2)16-19-3-5-20(6-4-19)27(36)37)23(15-35)26(38-42)22-7-9-41(30(45)25(22)31(32,33)34)24(43)17-40-10-13-46-14-11-40/h3-6,8,12,22,25H,7,9-11,13-14,16-17H2,1-2H3,(H3,36,37). The summed E-state index contributed by atoms with van der Waals surface area (Å²) in [6.45, 7) is 2.61. The van der Waals surface area contributed by atoms with E-state index in [1.807, 2.05) is 6.07 Å². The number of alkyl halides is 3. The summed E-state index contributed by atoms with van der Waals surface area (Å²) < 4.78 is 55.5. The lowest BCUT2D eigenvalue weighted by atomic mass is 9.80. The topological polar surface area (TPSA) is 175 Å². The molecule has 0 radical (unpaired) electrons. The second-order valence-corrected chi connectivity index (χ2v) is 11.5. The third-order valence-corrected chi connectivity index (χ3v) is 8.39. The summed E-state index contributed by atoms with van der Waals surface area (Å²) in [6.07, 6.45) is -4.14. The predicted octanol–water partition coefficient (Wildman–Crippen LogP) is 2.62. The van der Waals surface area contributed by atoms with Gasteiger partial charge in [0.25, 0.3) is 5.91 Å². The highest BCUT2D eigenvalue weighted by molar-refractivity contribution is 6.00. The number of aromatic nitrogens is 2. The molecule has 3 aromatic rings. The van der Waals surface area contributed by atoms with Crippen LogP contribution in [0.5, 0.6) is 0 Å². The van der Waals surface area contributed by atoms with Crippen LogP contribution < -0.4 is 10.6 Å². The number of likely N-dealkylation sites (tertiary alicyclic amines) is 1. The molecule has 13 nitrogen and oxygen atoms in total. The molecular weight excluding hydrogens is 621 g/mol. The number of rotatable bonds is 8. The number of halogens is 3. The van der Waals surface area contributed by atoms with Crippen LogP contribution in [0.2, 0.25) is 0 Å². The molecule has 248 valence electrons. The molecule has 4 heterocycles. The summed E-state index contributed by atoms with van der Waals surface area (Å²) >= 11 is 0. The lowest BCUT2D eigenvalue weighted by Crippen LogP contribution is -2.55. The van der Waals surface area contributed by atoms with E-state index >= 15 is 0 Å². The zero-order valence-corrected chi connectivity index (χ0v) is 25.7. The number of furan rings is 1. The van der Waals surface area contributed by atoms with Gasteiger partial charge in [-0.2, -0.15) is 28.2 Å². The molecule has 0 saturated carbocycles. The van der Waals surface area contributed by atoms with Gasteiger partial charge in [0, 0.05) is 44.7 Å². The number of carbonyl (C=O) groups is 3. The van der Waals surface area contributed by atoms with Gasteiger partial charge >= 0.3 is 6.18 Å². The molecule has 2 fully saturated rings. The minimum Gasteiger partial charge on any atom is -0.469 e. The Morgan fingerprint density at radius 3 is 2.43 bits per heavy atom. The monoisotopic (exact) mass is 654 g/mol. The predicted molar refractivity (Wildman–Crippen MR) is 161 cm³/mol. The van der Waals surface area contributed by atoms with Crippen LogP contribution in [0.15, 0.2) is 41.0 Å². The largest absolute Gasteiger partial charge is 0.469 e. The van der Waals surface area contributed by atoms with E-state index in [1.54, 1.807) is 36.2 Å². The van der Waals surface area contributed by atoms with Crippen molar-refractivity contribution in [3.63, 3.8) is 0 Å². The summed E-state index contributed by atoms with van der Waals surface area (Å²) in [7, 11) is 1.55. The molecule has 2 unspecified atom stereocenters. The third kappa shape index (κ3) is 6.76. The molecule has 0 bridgehead atoms. The van der Waals surface area contributed by atoms with Crippen molar-refractivity contribution in [1.82, 2.24) is 19.6 Å². The van der Waals surface area contributed by atoms with Crippen molar-refractivity contribution >= 4 is 29.4 Å². The summed E-state index contributed by atoms with van der Waals surface area (Å²) in [4.78, 5) is 44.1. The zero-order valence-electron chi connectivity index (χ0n) is 25.7. The number of nitrogens with two attached hydrogens (primary N) is 1. The number of hydrogen-bond donors (Lipinski definition) is 2. The number of nitrogen functional groups attached to an aromatic ring is 1. The average Bonchev–Trinajstić information content (AvgIpc) is 3.64. The Hall–Kier alpha value is -5.01. The van der Waals surface area contributed by atoms with Crippen LogP contribution in [0.3, 0.4) is 0 Å². The Morgan fingerprint density at radius 2 is 1.85 bits per heavy atom. The van der Waals surface area contributed by atoms with Gasteiger partial charge in [0.1, 0.15) is 29.1 Å². The second kappa shape index (κ2) is 13.4. The first kappa shape index (κ1) is 33.4. The first-order chi connectivity index (χ1) is 22.3. The molecule has 0 aliphatic carbocycles. The Morgan fingerprint density at radius 1 is 1.17 bits per heavy atom. The smallest absolute Gasteiger partial charge is 0.401 e. The number of amidine groups is 1. The highest BCUT2D eigenvalue weighted by atomic mass is 19.4. The second-order valence-electron chi connectivity index (χ2n) is 11.5. The van der Waals surface area contributed by atoms with Crippen molar-refractivity contribution in [2.24, 2.45) is 11.7 Å². The number of benzene rings is 1. The highest BCUT2D eigenvalue weighted by Gasteiger charge is 2.56. The highest BCUT2D eigenvalue weighted by Crippen LogP contribution is 2.45. The Kier molecular flexibility index (Phi) is 9.50. The van der Waals surface area contributed by atoms with Gasteiger partial charge in [-0.1, -0.05) is 24.3 Å². The van der Waals surface area contributed by atoms with Gasteiger partial charge in [-0.15, -0.1) is 0 Å². The number of aryl methyl sites for hydroxylation is 1. The normalized spacial score (nSPS) is 19.0. The number of imide groups is 1. The number of morpholine rings is 1. The van der Waals surface area contributed by atoms with Crippen LogP contribution in [0.25, 0.3) is 0 Å². The van der Waals surface area contributed by atoms with Gasteiger partial charge in [0.2, 0.25) is 11.8 Å². The van der Waals surface area contributed by atoms with Gasteiger partial charge in [-0.25, -0.2) is 0 Å². The van der Waals surface area contributed by atoms with Crippen molar-refractivity contribution in [2.75, 3.05) is 51.3 Å². The first-order valence-electron chi connectivity index (χ1n) is 14.8. The molecule has 2 saturated heterocycles. The molecule has 47 heavy (non-hydrogen) atoms. The average molecular weight is 655 g/mol. The van der Waals surface area contributed by atoms with Gasteiger partial charge in [-0.3, -0.25) is 29.6 Å². The van der Waals surface area contributed by atoms with E-state index in [0.29, 0.717) is 42.3 Å². The van der Waals surface area contributed by atoms with E-state index in [2.05, 4.69) is 5.10 Å². The molecule has 5 rings (SSSR count). The van der Waals surface area contributed by atoms with Crippen molar-refractivity contribution in [2.45, 2.75) is 32.0 Å². The summed E-state index contributed by atoms with van der Waals surface area (Å²) in [5.74, 6) is -7.24. The maximum atomic E-state index is 14.7. The number of carbonyl (C=O) groups excluding carboxylic acids is 3. The number of ether oxygens (including phenoxy) is 1. The van der Waals surface area contributed by atoms with Crippen LogP contribution >= 0.6 is 0 Å². The maximum Gasteiger partial charge on any atom is 0.401 e. The molecule has 0 spiro atoms. The van der Waals surface area contributed by atoms with Gasteiger partial charge < -0.3 is 19.8 Å². The Balaban J connectivity index is 1.54. The molecule has 2 aliphatic heterocycles. The molecule has 2 atom stereocenters. The van der Waals surface area contributed by atoms with Crippen LogP contribution in [0.1, 0.15) is 50.8 Å². The number of piperidine rings is 1. The van der Waals surface area contributed by atoms with Crippen molar-refractivity contribution in [3.8, 4) is 6.07 Å². The number of nitrogens with zero attached hydrogens (tertiary/aromatic N) is 6. The molecular formula is C31H33F3N8O5. The van der Waals surface area contributed by atoms with Gasteiger partial charge in [0.15, 0.2) is 5.82 Å². The van der Waals surface area contributed by atoms with E-state index in [9.17, 15) is 32.8 Å². The number of nitriles is 1. The summed E-state index contributed by atoms with van der Waals surface area (Å²) in [6, 6.07) is 9.93. The van der Waals surface area contributed by atoms with Crippen LogP contribution in [-0.2, 0) is 20.9 Å². The third-order valence-electron chi connectivity index (χ3n) is 8.39. The lowest BCUT2D eigenvalue weighted by Gasteiger charge is -2.38. The number of amides is 2. The molecule has 1 aromatic carbocycles. The fourth-order valence-electron chi connectivity index (χ4n) is 5.98. The fourth-order valence-corrected chi connectivity index (χ4v) is 5.98. The van der Waals surface area contributed by atoms with E-state index in [4.69, 9.17) is 20.3 Å². The van der Waals surface area contributed by atoms with Gasteiger partial charge in [-0.05, 0) is 25.0 Å². The van der Waals surface area contributed by atoms with Crippen molar-refractivity contribution < 1.29 is 36.7 Å². The fraction of sp³-hybridized carbons (Fsp3) is 0.419. The molecule has 16 heteroatoms. The van der Waals surface area contributed by atoms with Gasteiger partial charge in [0.05, 0.1) is 37.3 Å². The van der Waals surface area contributed by atoms with E-state index in [1.165, 1.54) is 24.2 Å². The number of hydrogen-bond acceptors (Lipinski definition) is 10. The minimum atomic E-state index is -5.09. The zero-order chi connectivity index (χ0) is 34.0. The molecule has 3 N–H and O–H groups in total. The van der Waals surface area contributed by atoms with Crippen LogP contribution in [0, 0.1) is 29.6 Å². The van der Waals surface area contributed by atoms with E-state index in [0.717, 1.165) is 4.68 Å². The molecule has 2 aromatic heterocycles. The first-order valence-corrected chi connectivity index (χ1v) is 14.8. The molecule has 2 amide bonds. The molecule has 2 aliphatic rings. The number of anilines is 1. The van der Waals surface area contributed by atoms with Crippen molar-refractivity contribution in [1.29, 1.82) is 10.7 Å². The summed E-state index contributed by atoms with van der Waals surface area (Å²) in [5, 5.41) is 22.3. The maximum absolute atomic E-state index is 14.7. The van der Waals surface area contributed by atoms with E-state index in [-0.39, 0.29) is 60.3 Å². The Bertz CT molecular complexity index is 1720. The quantitative estimate of drug-likeness (QED) is 0.271. The lowest BCUT2D eigenvalue weighted by molar-refractivity contribution is -0.200.